The summed E-state index contributed by atoms with van der Waals surface area (Å²) >= 11 is 1.02. The second kappa shape index (κ2) is 9.51. The van der Waals surface area contributed by atoms with Gasteiger partial charge in [0.2, 0.25) is 5.91 Å². The molecule has 3 N–H and O–H groups in total. The number of hydrogen-bond acceptors (Lipinski definition) is 7. The molecule has 0 saturated carbocycles. The molecule has 0 saturated heterocycles. The number of carbonyl (C=O) groups excluding carboxylic acids is 1. The quantitative estimate of drug-likeness (QED) is 0.243. The molecule has 0 aliphatic carbocycles. The molecule has 0 bridgehead atoms. The van der Waals surface area contributed by atoms with Gasteiger partial charge in [-0.05, 0) is 42.8 Å². The van der Waals surface area contributed by atoms with E-state index in [1.807, 2.05) is 31.2 Å². The summed E-state index contributed by atoms with van der Waals surface area (Å²) in [6.07, 6.45) is 7.25. The first-order valence-corrected chi connectivity index (χ1v) is 12.6. The monoisotopic (exact) mass is 512 g/mol. The fourth-order valence-corrected chi connectivity index (χ4v) is 4.83. The number of pyridine rings is 3. The van der Waals surface area contributed by atoms with Crippen LogP contribution in [0.2, 0.25) is 0 Å². The van der Waals surface area contributed by atoms with E-state index in [2.05, 4.69) is 30.5 Å². The number of hydrogen-bond donors (Lipinski definition) is 3. The molecule has 0 radical (unpaired) electrons. The number of carbonyl (C=O) groups is 1. The van der Waals surface area contributed by atoms with Gasteiger partial charge in [-0.25, -0.2) is 9.97 Å². The third-order valence-corrected chi connectivity index (χ3v) is 6.80. The van der Waals surface area contributed by atoms with Gasteiger partial charge in [-0.15, -0.1) is 11.3 Å². The molecule has 184 valence electrons. The van der Waals surface area contributed by atoms with Gasteiger partial charge in [0.05, 0.1) is 33.5 Å². The van der Waals surface area contributed by atoms with Gasteiger partial charge in [-0.2, -0.15) is 9.49 Å². The maximum atomic E-state index is 13.6. The lowest BCUT2D eigenvalue weighted by molar-refractivity contribution is -0.116. The summed E-state index contributed by atoms with van der Waals surface area (Å²) in [5.41, 5.74) is 5.98. The Bertz CT molecular complexity index is 1750. The predicted molar refractivity (Wildman–Crippen MR) is 141 cm³/mol. The Morgan fingerprint density at radius 3 is 2.78 bits per heavy atom. The summed E-state index contributed by atoms with van der Waals surface area (Å²) in [6, 6.07) is 10.5. The zero-order chi connectivity index (χ0) is 25.4. The van der Waals surface area contributed by atoms with Crippen molar-refractivity contribution in [1.82, 2.24) is 35.1 Å². The molecule has 6 aromatic rings. The normalized spacial score (nSPS) is 11.4. The predicted octanol–water partition coefficient (Wildman–Crippen LogP) is 5.95. The molecule has 6 rings (SSSR count). The largest absolute Gasteiger partial charge is 0.336 e. The van der Waals surface area contributed by atoms with Crippen LogP contribution in [0, 0.1) is 5.13 Å². The number of unbranched alkanes of at least 4 members (excludes halogenated alkanes) is 1. The van der Waals surface area contributed by atoms with Crippen LogP contribution < -0.4 is 5.32 Å². The Balaban J connectivity index is 1.37. The molecule has 37 heavy (non-hydrogen) atoms. The summed E-state index contributed by atoms with van der Waals surface area (Å²) in [6.45, 7) is 2.05. The number of rotatable bonds is 7. The van der Waals surface area contributed by atoms with Crippen molar-refractivity contribution in [3.63, 3.8) is 0 Å². The minimum absolute atomic E-state index is 0.0367. The van der Waals surface area contributed by atoms with E-state index in [0.717, 1.165) is 40.8 Å². The first-order chi connectivity index (χ1) is 18.1. The van der Waals surface area contributed by atoms with Crippen LogP contribution in [-0.2, 0) is 4.79 Å². The lowest BCUT2D eigenvalue weighted by Crippen LogP contribution is -2.11. The van der Waals surface area contributed by atoms with Crippen molar-refractivity contribution >= 4 is 45.0 Å². The molecule has 0 spiro atoms. The van der Waals surface area contributed by atoms with Gasteiger partial charge < -0.3 is 10.3 Å². The molecule has 6 aromatic heterocycles. The SMILES string of the molecule is CCCCC(=O)Nc1cncc(-c2ccc3[nH]nc(-c4nc5c(-c6ccc(F)s6)nccc5[nH]4)c3n2)c1. The highest BCUT2D eigenvalue weighted by molar-refractivity contribution is 7.13. The van der Waals surface area contributed by atoms with Gasteiger partial charge in [0.15, 0.2) is 16.6 Å². The van der Waals surface area contributed by atoms with Crippen LogP contribution in [0.25, 0.3) is 55.4 Å². The van der Waals surface area contributed by atoms with Gasteiger partial charge in [-0.1, -0.05) is 13.3 Å². The molecule has 0 aliphatic heterocycles. The lowest BCUT2D eigenvalue weighted by atomic mass is 10.1. The van der Waals surface area contributed by atoms with Gasteiger partial charge in [0, 0.05) is 24.4 Å². The van der Waals surface area contributed by atoms with Gasteiger partial charge >= 0.3 is 0 Å². The number of anilines is 1. The van der Waals surface area contributed by atoms with E-state index in [4.69, 9.17) is 9.97 Å². The third kappa shape index (κ3) is 4.45. The fraction of sp³-hybridized carbons (Fsp3) is 0.154. The Morgan fingerprint density at radius 2 is 1.95 bits per heavy atom. The van der Waals surface area contributed by atoms with Crippen molar-refractivity contribution in [2.75, 3.05) is 5.32 Å². The minimum atomic E-state index is -0.279. The number of amides is 1. The Morgan fingerprint density at radius 1 is 1.05 bits per heavy atom. The number of nitrogens with zero attached hydrogens (tertiary/aromatic N) is 5. The Kier molecular flexibility index (Phi) is 5.89. The van der Waals surface area contributed by atoms with E-state index in [0.29, 0.717) is 50.9 Å². The van der Waals surface area contributed by atoms with Crippen molar-refractivity contribution < 1.29 is 9.18 Å². The number of fused-ring (bicyclic) bond motifs is 2. The smallest absolute Gasteiger partial charge is 0.224 e. The van der Waals surface area contributed by atoms with Crippen LogP contribution >= 0.6 is 11.3 Å². The van der Waals surface area contributed by atoms with Crippen molar-refractivity contribution in [3.8, 4) is 33.3 Å². The first kappa shape index (κ1) is 22.9. The average Bonchev–Trinajstić information content (AvgIpc) is 3.64. The summed E-state index contributed by atoms with van der Waals surface area (Å²) in [7, 11) is 0. The highest BCUT2D eigenvalue weighted by Crippen LogP contribution is 2.33. The lowest BCUT2D eigenvalue weighted by Gasteiger charge is -2.07. The van der Waals surface area contributed by atoms with Gasteiger partial charge in [0.1, 0.15) is 16.7 Å². The van der Waals surface area contributed by atoms with E-state index in [1.54, 1.807) is 24.7 Å². The maximum Gasteiger partial charge on any atom is 0.224 e. The molecule has 9 nitrogen and oxygen atoms in total. The molecule has 0 unspecified atom stereocenters. The maximum absolute atomic E-state index is 13.6. The number of imidazole rings is 1. The zero-order valence-electron chi connectivity index (χ0n) is 19.7. The molecule has 0 fully saturated rings. The van der Waals surface area contributed by atoms with Crippen LogP contribution in [0.1, 0.15) is 26.2 Å². The van der Waals surface area contributed by atoms with Gasteiger partial charge in [-0.3, -0.25) is 19.9 Å². The van der Waals surface area contributed by atoms with E-state index in [9.17, 15) is 9.18 Å². The first-order valence-electron chi connectivity index (χ1n) is 11.8. The van der Waals surface area contributed by atoms with Crippen molar-refractivity contribution in [3.05, 3.63) is 60.1 Å². The standard InChI is InChI=1S/C26H21FN8OS/c1-2-3-4-21(36)30-15-11-14(12-28-13-15)16-5-6-18-23(31-16)25(35-34-18)26-32-17-9-10-29-24(22(17)33-26)19-7-8-20(27)37-19/h5-13H,2-4H2,1H3,(H,30,36)(H,32,33)(H,34,35). The second-order valence-electron chi connectivity index (χ2n) is 8.52. The average molecular weight is 513 g/mol. The molecular formula is C26H21FN8OS. The Hall–Kier alpha value is -4.51. The Labute approximate surface area is 214 Å². The summed E-state index contributed by atoms with van der Waals surface area (Å²) in [4.78, 5) is 34.4. The molecule has 0 aromatic carbocycles. The number of thiophene rings is 1. The fourth-order valence-electron chi connectivity index (χ4n) is 4.10. The molecular weight excluding hydrogens is 491 g/mol. The van der Waals surface area contributed by atoms with E-state index < -0.39 is 0 Å². The van der Waals surface area contributed by atoms with Crippen molar-refractivity contribution in [1.29, 1.82) is 0 Å². The summed E-state index contributed by atoms with van der Waals surface area (Å²) < 4.78 is 13.6. The minimum Gasteiger partial charge on any atom is -0.336 e. The number of H-pyrrole nitrogens is 2. The number of nitrogens with one attached hydrogen (secondary N) is 3. The van der Waals surface area contributed by atoms with Crippen molar-refractivity contribution in [2.45, 2.75) is 26.2 Å². The summed E-state index contributed by atoms with van der Waals surface area (Å²) in [5.74, 6) is 0.484. The molecule has 1 amide bonds. The molecule has 0 atom stereocenters. The summed E-state index contributed by atoms with van der Waals surface area (Å²) in [5, 5.41) is 10.1. The topological polar surface area (TPSA) is 125 Å². The van der Waals surface area contributed by atoms with Crippen LogP contribution in [0.5, 0.6) is 0 Å². The third-order valence-electron chi connectivity index (χ3n) is 5.91. The molecule has 6 heterocycles. The second-order valence-corrected chi connectivity index (χ2v) is 9.56. The van der Waals surface area contributed by atoms with E-state index in [-0.39, 0.29) is 11.0 Å². The van der Waals surface area contributed by atoms with E-state index in [1.165, 1.54) is 6.07 Å². The van der Waals surface area contributed by atoms with Crippen LogP contribution in [0.3, 0.4) is 0 Å². The molecule has 11 heteroatoms. The van der Waals surface area contributed by atoms with Crippen LogP contribution in [-0.4, -0.2) is 41.0 Å². The highest BCUT2D eigenvalue weighted by atomic mass is 32.1. The highest BCUT2D eigenvalue weighted by Gasteiger charge is 2.18. The number of aromatic amines is 2. The number of aromatic nitrogens is 7. The number of halogens is 1. The van der Waals surface area contributed by atoms with Crippen LogP contribution in [0.4, 0.5) is 10.1 Å². The van der Waals surface area contributed by atoms with E-state index >= 15 is 0 Å². The van der Waals surface area contributed by atoms with Crippen molar-refractivity contribution in [2.24, 2.45) is 0 Å². The van der Waals surface area contributed by atoms with Crippen LogP contribution in [0.15, 0.2) is 55.0 Å². The molecule has 0 aliphatic rings. The zero-order valence-corrected chi connectivity index (χ0v) is 20.6. The van der Waals surface area contributed by atoms with Gasteiger partial charge in [0.25, 0.3) is 0 Å².